The second-order valence-corrected chi connectivity index (χ2v) is 10.1. The Morgan fingerprint density at radius 3 is 2.34 bits per heavy atom. The first-order valence-electron chi connectivity index (χ1n) is 13.8. The highest BCUT2D eigenvalue weighted by atomic mass is 19.1. The Labute approximate surface area is 237 Å². The Morgan fingerprint density at radius 1 is 0.829 bits per heavy atom. The van der Waals surface area contributed by atoms with Crippen LogP contribution in [0.15, 0.2) is 91.1 Å². The van der Waals surface area contributed by atoms with E-state index in [0.717, 1.165) is 39.5 Å². The molecule has 1 amide bonds. The maximum Gasteiger partial charge on any atom is 0.254 e. The number of carbonyl (C=O) groups is 1. The summed E-state index contributed by atoms with van der Waals surface area (Å²) in [6.45, 7) is 5.54. The summed E-state index contributed by atoms with van der Waals surface area (Å²) in [7, 11) is 0. The Morgan fingerprint density at radius 2 is 1.59 bits per heavy atom. The van der Waals surface area contributed by atoms with Gasteiger partial charge in [-0.15, -0.1) is 0 Å². The van der Waals surface area contributed by atoms with E-state index >= 15 is 0 Å². The Kier molecular flexibility index (Phi) is 7.48. The summed E-state index contributed by atoms with van der Waals surface area (Å²) in [6, 6.07) is 24.3. The normalized spacial score (nSPS) is 14.0. The van der Waals surface area contributed by atoms with E-state index in [1.54, 1.807) is 29.2 Å². The van der Waals surface area contributed by atoms with E-state index in [2.05, 4.69) is 21.6 Å². The zero-order valence-corrected chi connectivity index (χ0v) is 22.8. The molecule has 2 aromatic heterocycles. The third-order valence-electron chi connectivity index (χ3n) is 7.42. The average Bonchev–Trinajstić information content (AvgIpc) is 3.35. The number of hydrogen-bond acceptors (Lipinski definition) is 4. The highest BCUT2D eigenvalue weighted by Crippen LogP contribution is 2.30. The number of benzene rings is 3. The van der Waals surface area contributed by atoms with E-state index < -0.39 is 5.82 Å². The van der Waals surface area contributed by atoms with Crippen LogP contribution in [0.2, 0.25) is 0 Å². The molecule has 0 radical (unpaired) electrons. The molecule has 0 spiro atoms. The molecule has 3 aromatic carbocycles. The van der Waals surface area contributed by atoms with Crippen LogP contribution in [0.1, 0.15) is 23.0 Å². The summed E-state index contributed by atoms with van der Waals surface area (Å²) >= 11 is 0. The van der Waals surface area contributed by atoms with Gasteiger partial charge in [0.2, 0.25) is 0 Å². The topological polar surface area (TPSA) is 50.1 Å². The second kappa shape index (κ2) is 11.5. The third-order valence-corrected chi connectivity index (χ3v) is 7.42. The number of aromatic nitrogens is 2. The van der Waals surface area contributed by atoms with E-state index in [9.17, 15) is 13.6 Å². The van der Waals surface area contributed by atoms with Crippen molar-refractivity contribution < 1.29 is 18.3 Å². The van der Waals surface area contributed by atoms with E-state index in [0.29, 0.717) is 44.9 Å². The average molecular weight is 553 g/mol. The Bertz CT molecular complexity index is 1690. The molecule has 1 aliphatic rings. The molecule has 1 aliphatic heterocycles. The van der Waals surface area contributed by atoms with Crippen LogP contribution in [0.4, 0.5) is 8.78 Å². The van der Waals surface area contributed by atoms with Gasteiger partial charge in [-0.25, -0.2) is 13.8 Å². The molecule has 41 heavy (non-hydrogen) atoms. The number of imidazole rings is 1. The minimum absolute atomic E-state index is 0.162. The summed E-state index contributed by atoms with van der Waals surface area (Å²) in [4.78, 5) is 21.9. The van der Waals surface area contributed by atoms with Gasteiger partial charge in [-0.3, -0.25) is 9.69 Å². The van der Waals surface area contributed by atoms with Gasteiger partial charge in [-0.1, -0.05) is 18.2 Å². The van der Waals surface area contributed by atoms with Crippen molar-refractivity contribution in [3.05, 3.63) is 114 Å². The number of hydrogen-bond donors (Lipinski definition) is 0. The monoisotopic (exact) mass is 552 g/mol. The molecule has 1 saturated heterocycles. The number of amides is 1. The molecule has 0 unspecified atom stereocenters. The summed E-state index contributed by atoms with van der Waals surface area (Å²) < 4.78 is 35.2. The largest absolute Gasteiger partial charge is 0.494 e. The third kappa shape index (κ3) is 5.69. The van der Waals surface area contributed by atoms with E-state index in [4.69, 9.17) is 9.72 Å². The fourth-order valence-electron chi connectivity index (χ4n) is 5.31. The standard InChI is InChI=1S/C33H30F2N4O2/c1-2-41-29-8-4-5-24(20-29)26-11-14-31-36-32(23-9-12-27(34)13-10-23)30(39(31)21-26)22-37-15-17-38(18-16-37)33(40)25-6-3-7-28(35)19-25/h3-14,19-21H,2,15-18,22H2,1H3. The van der Waals surface area contributed by atoms with Crippen molar-refractivity contribution in [2.45, 2.75) is 13.5 Å². The van der Waals surface area contributed by atoms with E-state index in [1.165, 1.54) is 24.3 Å². The first kappa shape index (κ1) is 26.7. The summed E-state index contributed by atoms with van der Waals surface area (Å²) in [5, 5.41) is 0. The molecule has 5 aromatic rings. The molecule has 0 aliphatic carbocycles. The zero-order valence-electron chi connectivity index (χ0n) is 22.8. The lowest BCUT2D eigenvalue weighted by molar-refractivity contribution is 0.0626. The van der Waals surface area contributed by atoms with Crippen molar-refractivity contribution in [1.82, 2.24) is 19.2 Å². The van der Waals surface area contributed by atoms with Gasteiger partial charge in [0.15, 0.2) is 0 Å². The molecular weight excluding hydrogens is 522 g/mol. The minimum Gasteiger partial charge on any atom is -0.494 e. The van der Waals surface area contributed by atoms with Crippen LogP contribution in [-0.2, 0) is 6.54 Å². The van der Waals surface area contributed by atoms with Crippen molar-refractivity contribution in [1.29, 1.82) is 0 Å². The molecule has 0 saturated carbocycles. The zero-order chi connectivity index (χ0) is 28.3. The maximum atomic E-state index is 13.8. The summed E-state index contributed by atoms with van der Waals surface area (Å²) in [6.07, 6.45) is 2.08. The SMILES string of the molecule is CCOc1cccc(-c2ccc3nc(-c4ccc(F)cc4)c(CN4CCN(C(=O)c5cccc(F)c5)CC4)n3c2)c1. The van der Waals surface area contributed by atoms with Gasteiger partial charge < -0.3 is 14.0 Å². The fraction of sp³-hybridized carbons (Fsp3) is 0.212. The Balaban J connectivity index is 1.30. The van der Waals surface area contributed by atoms with Crippen LogP contribution >= 0.6 is 0 Å². The van der Waals surface area contributed by atoms with Crippen LogP contribution in [0.25, 0.3) is 28.0 Å². The molecule has 208 valence electrons. The van der Waals surface area contributed by atoms with Crippen molar-refractivity contribution in [3.8, 4) is 28.1 Å². The van der Waals surface area contributed by atoms with Crippen molar-refractivity contribution in [3.63, 3.8) is 0 Å². The highest BCUT2D eigenvalue weighted by Gasteiger charge is 2.25. The smallest absolute Gasteiger partial charge is 0.254 e. The fourth-order valence-corrected chi connectivity index (χ4v) is 5.31. The summed E-state index contributed by atoms with van der Waals surface area (Å²) in [5.41, 5.74) is 5.83. The van der Waals surface area contributed by atoms with Crippen molar-refractivity contribution >= 4 is 11.6 Å². The van der Waals surface area contributed by atoms with Gasteiger partial charge in [0.05, 0.1) is 18.0 Å². The van der Waals surface area contributed by atoms with Crippen LogP contribution in [0.3, 0.4) is 0 Å². The van der Waals surface area contributed by atoms with Crippen LogP contribution in [0.5, 0.6) is 5.75 Å². The predicted molar refractivity (Wildman–Crippen MR) is 155 cm³/mol. The van der Waals surface area contributed by atoms with Crippen LogP contribution in [-0.4, -0.2) is 57.9 Å². The summed E-state index contributed by atoms with van der Waals surface area (Å²) in [5.74, 6) is -0.0625. The molecular formula is C33H30F2N4O2. The predicted octanol–water partition coefficient (Wildman–Crippen LogP) is 6.30. The van der Waals surface area contributed by atoms with E-state index in [1.807, 2.05) is 37.3 Å². The number of ether oxygens (including phenoxy) is 1. The Hall–Kier alpha value is -4.56. The molecule has 0 N–H and O–H groups in total. The lowest BCUT2D eigenvalue weighted by Gasteiger charge is -2.34. The lowest BCUT2D eigenvalue weighted by atomic mass is 10.1. The maximum absolute atomic E-state index is 13.8. The van der Waals surface area contributed by atoms with E-state index in [-0.39, 0.29) is 11.7 Å². The molecule has 6 nitrogen and oxygen atoms in total. The van der Waals surface area contributed by atoms with Gasteiger partial charge in [0.25, 0.3) is 5.91 Å². The lowest BCUT2D eigenvalue weighted by Crippen LogP contribution is -2.48. The number of pyridine rings is 1. The minimum atomic E-state index is -0.417. The highest BCUT2D eigenvalue weighted by molar-refractivity contribution is 5.94. The van der Waals surface area contributed by atoms with Gasteiger partial charge >= 0.3 is 0 Å². The number of rotatable bonds is 7. The number of carbonyl (C=O) groups excluding carboxylic acids is 1. The molecule has 8 heteroatoms. The molecule has 6 rings (SSSR count). The number of piperazine rings is 1. The second-order valence-electron chi connectivity index (χ2n) is 10.1. The first-order valence-corrected chi connectivity index (χ1v) is 13.8. The molecule has 0 bridgehead atoms. The molecule has 0 atom stereocenters. The van der Waals surface area contributed by atoms with Gasteiger partial charge in [-0.2, -0.15) is 0 Å². The molecule has 3 heterocycles. The number of halogens is 2. The number of fused-ring (bicyclic) bond motifs is 1. The van der Waals surface area contributed by atoms with Crippen LogP contribution < -0.4 is 4.74 Å². The van der Waals surface area contributed by atoms with Gasteiger partial charge in [-0.05, 0) is 84.8 Å². The van der Waals surface area contributed by atoms with Gasteiger partial charge in [0, 0.05) is 50.0 Å². The van der Waals surface area contributed by atoms with Crippen molar-refractivity contribution in [2.75, 3.05) is 32.8 Å². The number of nitrogens with zero attached hydrogens (tertiary/aromatic N) is 4. The van der Waals surface area contributed by atoms with Gasteiger partial charge in [0.1, 0.15) is 23.0 Å². The molecule has 1 fully saturated rings. The quantitative estimate of drug-likeness (QED) is 0.238. The van der Waals surface area contributed by atoms with Crippen molar-refractivity contribution in [2.24, 2.45) is 0 Å². The van der Waals surface area contributed by atoms with Crippen LogP contribution in [0, 0.1) is 11.6 Å². The first-order chi connectivity index (χ1) is 20.0.